The van der Waals surface area contributed by atoms with E-state index in [1.165, 1.54) is 0 Å². The van der Waals surface area contributed by atoms with E-state index >= 15 is 0 Å². The van der Waals surface area contributed by atoms with Gasteiger partial charge >= 0.3 is 0 Å². The molecule has 0 aliphatic carbocycles. The Morgan fingerprint density at radius 1 is 1.06 bits per heavy atom. The van der Waals surface area contributed by atoms with Crippen molar-refractivity contribution in [2.24, 2.45) is 5.92 Å². The van der Waals surface area contributed by atoms with Crippen LogP contribution in [0.2, 0.25) is 0 Å². The fourth-order valence-corrected chi connectivity index (χ4v) is 3.98. The third kappa shape index (κ3) is 5.56. The lowest BCUT2D eigenvalue weighted by atomic mass is 10.1. The summed E-state index contributed by atoms with van der Waals surface area (Å²) in [6, 6.07) is 13.5. The number of nitrogens with one attached hydrogen (secondary N) is 2. The van der Waals surface area contributed by atoms with Gasteiger partial charge in [-0.25, -0.2) is 0 Å². The van der Waals surface area contributed by atoms with Crippen LogP contribution in [0.4, 0.5) is 11.4 Å². The number of methoxy groups -OCH3 is 1. The highest BCUT2D eigenvalue weighted by molar-refractivity contribution is 6.08. The Bertz CT molecular complexity index is 1040. The van der Waals surface area contributed by atoms with Gasteiger partial charge in [0.2, 0.25) is 11.8 Å². The molecule has 2 aromatic carbocycles. The van der Waals surface area contributed by atoms with E-state index in [1.807, 2.05) is 62.4 Å². The van der Waals surface area contributed by atoms with Crippen molar-refractivity contribution in [3.63, 3.8) is 0 Å². The zero-order valence-electron chi connectivity index (χ0n) is 20.5. The standard InChI is InChI=1S/C26H34N4O4/c1-17(2)14-24(31)29-16-20(28-25(32)18(3)27-4)26(33)30(22-12-8-7-11-21(22)29)15-19-10-6-9-13-23(19)34-5/h6-13,17-18,20,27H,14-16H2,1-5H3,(H,28,32). The number of para-hydroxylation sites is 3. The van der Waals surface area contributed by atoms with Crippen LogP contribution < -0.4 is 25.2 Å². The Morgan fingerprint density at radius 2 is 1.71 bits per heavy atom. The third-order valence-electron chi connectivity index (χ3n) is 5.94. The smallest absolute Gasteiger partial charge is 0.251 e. The maximum absolute atomic E-state index is 13.9. The first kappa shape index (κ1) is 25.2. The van der Waals surface area contributed by atoms with Gasteiger partial charge in [0.1, 0.15) is 11.8 Å². The van der Waals surface area contributed by atoms with Gasteiger partial charge in [-0.15, -0.1) is 0 Å². The largest absolute Gasteiger partial charge is 0.496 e. The molecule has 3 rings (SSSR count). The van der Waals surface area contributed by atoms with Gasteiger partial charge in [0.05, 0.1) is 37.6 Å². The van der Waals surface area contributed by atoms with Crippen molar-refractivity contribution in [1.82, 2.24) is 10.6 Å². The number of carbonyl (C=O) groups is 3. The van der Waals surface area contributed by atoms with E-state index in [4.69, 9.17) is 4.74 Å². The van der Waals surface area contributed by atoms with Gasteiger partial charge in [-0.05, 0) is 38.1 Å². The number of rotatable bonds is 8. The first-order valence-corrected chi connectivity index (χ1v) is 11.6. The molecule has 2 aromatic rings. The summed E-state index contributed by atoms with van der Waals surface area (Å²) in [5, 5.41) is 5.75. The zero-order chi connectivity index (χ0) is 24.8. The van der Waals surface area contributed by atoms with E-state index in [1.54, 1.807) is 30.9 Å². The summed E-state index contributed by atoms with van der Waals surface area (Å²) in [6.45, 7) is 5.98. The minimum absolute atomic E-state index is 0.0615. The van der Waals surface area contributed by atoms with E-state index < -0.39 is 12.1 Å². The zero-order valence-corrected chi connectivity index (χ0v) is 20.5. The molecule has 182 valence electrons. The van der Waals surface area contributed by atoms with Crippen LogP contribution in [-0.2, 0) is 20.9 Å². The first-order chi connectivity index (χ1) is 16.3. The highest BCUT2D eigenvalue weighted by Gasteiger charge is 2.37. The number of hydrogen-bond donors (Lipinski definition) is 2. The van der Waals surface area contributed by atoms with E-state index in [9.17, 15) is 14.4 Å². The monoisotopic (exact) mass is 466 g/mol. The fourth-order valence-electron chi connectivity index (χ4n) is 3.98. The minimum atomic E-state index is -0.901. The molecule has 2 N–H and O–H groups in total. The number of likely N-dealkylation sites (N-methyl/N-ethyl adjacent to an activating group) is 1. The SMILES string of the molecule is CNC(C)C(=O)NC1CN(C(=O)CC(C)C)c2ccccc2N(Cc2ccccc2OC)C1=O. The Kier molecular flexibility index (Phi) is 8.28. The number of ether oxygens (including phenoxy) is 1. The first-order valence-electron chi connectivity index (χ1n) is 11.6. The fraction of sp³-hybridized carbons (Fsp3) is 0.423. The van der Waals surface area contributed by atoms with Crippen molar-refractivity contribution in [1.29, 1.82) is 0 Å². The van der Waals surface area contributed by atoms with Crippen LogP contribution in [0.1, 0.15) is 32.8 Å². The molecule has 1 aliphatic rings. The number of nitrogens with zero attached hydrogens (tertiary/aromatic N) is 2. The third-order valence-corrected chi connectivity index (χ3v) is 5.94. The van der Waals surface area contributed by atoms with Crippen molar-refractivity contribution in [3.05, 3.63) is 54.1 Å². The number of carbonyl (C=O) groups excluding carboxylic acids is 3. The van der Waals surface area contributed by atoms with Gasteiger partial charge in [-0.1, -0.05) is 44.2 Å². The summed E-state index contributed by atoms with van der Waals surface area (Å²) >= 11 is 0. The average molecular weight is 467 g/mol. The molecule has 34 heavy (non-hydrogen) atoms. The quantitative estimate of drug-likeness (QED) is 0.624. The van der Waals surface area contributed by atoms with Crippen LogP contribution in [0.5, 0.6) is 5.75 Å². The van der Waals surface area contributed by atoms with Crippen molar-refractivity contribution in [2.45, 2.75) is 45.8 Å². The molecule has 1 heterocycles. The number of benzene rings is 2. The van der Waals surface area contributed by atoms with Gasteiger partial charge in [0.15, 0.2) is 0 Å². The number of hydrogen-bond acceptors (Lipinski definition) is 5. The van der Waals surface area contributed by atoms with Gasteiger partial charge < -0.3 is 25.2 Å². The normalized spacial score (nSPS) is 16.6. The van der Waals surface area contributed by atoms with Crippen LogP contribution in [0, 0.1) is 5.92 Å². The second-order valence-electron chi connectivity index (χ2n) is 8.90. The summed E-state index contributed by atoms with van der Waals surface area (Å²) < 4.78 is 5.50. The van der Waals surface area contributed by atoms with Gasteiger partial charge in [-0.3, -0.25) is 14.4 Å². The Hall–Kier alpha value is -3.39. The predicted octanol–water partition coefficient (Wildman–Crippen LogP) is 2.71. The molecule has 0 spiro atoms. The summed E-state index contributed by atoms with van der Waals surface area (Å²) in [5.74, 6) is 0.139. The summed E-state index contributed by atoms with van der Waals surface area (Å²) in [4.78, 5) is 43.1. The summed E-state index contributed by atoms with van der Waals surface area (Å²) in [7, 11) is 3.27. The van der Waals surface area contributed by atoms with Crippen molar-refractivity contribution >= 4 is 29.1 Å². The molecule has 0 radical (unpaired) electrons. The molecule has 8 heteroatoms. The Morgan fingerprint density at radius 3 is 2.35 bits per heavy atom. The molecular formula is C26H34N4O4. The molecule has 2 unspecified atom stereocenters. The number of anilines is 2. The Labute approximate surface area is 201 Å². The van der Waals surface area contributed by atoms with Crippen molar-refractivity contribution < 1.29 is 19.1 Å². The van der Waals surface area contributed by atoms with Crippen LogP contribution in [0.25, 0.3) is 0 Å². The van der Waals surface area contributed by atoms with Gasteiger partial charge in [0.25, 0.3) is 5.91 Å². The molecule has 0 bridgehead atoms. The van der Waals surface area contributed by atoms with E-state index in [-0.39, 0.29) is 36.7 Å². The van der Waals surface area contributed by atoms with Crippen LogP contribution in [-0.4, -0.2) is 50.5 Å². The molecule has 0 saturated carbocycles. The average Bonchev–Trinajstić information content (AvgIpc) is 2.94. The highest BCUT2D eigenvalue weighted by atomic mass is 16.5. The van der Waals surface area contributed by atoms with Crippen molar-refractivity contribution in [3.8, 4) is 5.75 Å². The number of amides is 3. The highest BCUT2D eigenvalue weighted by Crippen LogP contribution is 2.35. The van der Waals surface area contributed by atoms with Crippen LogP contribution in [0.15, 0.2) is 48.5 Å². The second-order valence-corrected chi connectivity index (χ2v) is 8.90. The van der Waals surface area contributed by atoms with E-state index in [0.29, 0.717) is 23.5 Å². The van der Waals surface area contributed by atoms with Gasteiger partial charge in [0, 0.05) is 12.0 Å². The lowest BCUT2D eigenvalue weighted by Gasteiger charge is -2.26. The molecule has 0 fully saturated rings. The maximum Gasteiger partial charge on any atom is 0.251 e. The van der Waals surface area contributed by atoms with E-state index in [2.05, 4.69) is 10.6 Å². The lowest BCUT2D eigenvalue weighted by molar-refractivity contribution is -0.128. The van der Waals surface area contributed by atoms with Crippen LogP contribution >= 0.6 is 0 Å². The molecular weight excluding hydrogens is 432 g/mol. The summed E-state index contributed by atoms with van der Waals surface area (Å²) in [6.07, 6.45) is 0.336. The summed E-state index contributed by atoms with van der Waals surface area (Å²) in [5.41, 5.74) is 2.09. The molecule has 8 nitrogen and oxygen atoms in total. The maximum atomic E-state index is 13.9. The van der Waals surface area contributed by atoms with Crippen LogP contribution in [0.3, 0.4) is 0 Å². The minimum Gasteiger partial charge on any atom is -0.496 e. The lowest BCUT2D eigenvalue weighted by Crippen LogP contribution is -2.55. The number of fused-ring (bicyclic) bond motifs is 1. The molecule has 0 saturated heterocycles. The predicted molar refractivity (Wildman–Crippen MR) is 133 cm³/mol. The molecule has 2 atom stereocenters. The van der Waals surface area contributed by atoms with Gasteiger partial charge in [-0.2, -0.15) is 0 Å². The molecule has 0 aromatic heterocycles. The molecule has 3 amide bonds. The second kappa shape index (κ2) is 11.2. The molecule has 1 aliphatic heterocycles. The topological polar surface area (TPSA) is 91.0 Å². The van der Waals surface area contributed by atoms with E-state index in [0.717, 1.165) is 5.56 Å². The van der Waals surface area contributed by atoms with Crippen molar-refractivity contribution in [2.75, 3.05) is 30.5 Å². The Balaban J connectivity index is 2.08.